The fraction of sp³-hybridized carbons (Fsp3) is 0.571. The van der Waals surface area contributed by atoms with E-state index in [4.69, 9.17) is 4.74 Å². The Kier molecular flexibility index (Phi) is 4.36. The predicted octanol–water partition coefficient (Wildman–Crippen LogP) is 3.43. The van der Waals surface area contributed by atoms with Gasteiger partial charge in [-0.2, -0.15) is 0 Å². The molecule has 0 bridgehead atoms. The van der Waals surface area contributed by atoms with Crippen LogP contribution in [0.2, 0.25) is 0 Å². The molecule has 0 atom stereocenters. The summed E-state index contributed by atoms with van der Waals surface area (Å²) in [6, 6.07) is 4.07. The number of aliphatic hydroxyl groups is 1. The minimum Gasteiger partial charge on any atom is -0.496 e. The Hall–Kier alpha value is -1.02. The molecule has 0 amide bonds. The summed E-state index contributed by atoms with van der Waals surface area (Å²) in [4.78, 5) is 0. The second-order valence-corrected chi connectivity index (χ2v) is 4.78. The van der Waals surface area contributed by atoms with E-state index < -0.39 is 0 Å². The fourth-order valence-electron chi connectivity index (χ4n) is 1.92. The molecule has 0 heterocycles. The van der Waals surface area contributed by atoms with Crippen LogP contribution in [0.4, 0.5) is 0 Å². The van der Waals surface area contributed by atoms with Crippen LogP contribution in [0.15, 0.2) is 12.1 Å². The average Bonchev–Trinajstić information content (AvgIpc) is 2.26. The second-order valence-electron chi connectivity index (χ2n) is 4.78. The van der Waals surface area contributed by atoms with Gasteiger partial charge in [0.25, 0.3) is 0 Å². The molecule has 0 radical (unpaired) electrons. The average molecular weight is 222 g/mol. The zero-order valence-electron chi connectivity index (χ0n) is 10.9. The highest BCUT2D eigenvalue weighted by molar-refractivity contribution is 5.47. The van der Waals surface area contributed by atoms with Crippen molar-refractivity contribution >= 4 is 0 Å². The molecule has 16 heavy (non-hydrogen) atoms. The van der Waals surface area contributed by atoms with Crippen LogP contribution < -0.4 is 4.74 Å². The van der Waals surface area contributed by atoms with Gasteiger partial charge in [-0.05, 0) is 40.7 Å². The van der Waals surface area contributed by atoms with Gasteiger partial charge in [-0.1, -0.05) is 27.7 Å². The number of rotatable bonds is 4. The number of hydrogen-bond acceptors (Lipinski definition) is 2. The highest BCUT2D eigenvalue weighted by Gasteiger charge is 2.15. The Bertz CT molecular complexity index is 325. The van der Waals surface area contributed by atoms with Crippen LogP contribution in [-0.4, -0.2) is 12.2 Å². The van der Waals surface area contributed by atoms with E-state index >= 15 is 0 Å². The van der Waals surface area contributed by atoms with E-state index in [2.05, 4.69) is 27.7 Å². The molecule has 1 N–H and O–H groups in total. The fourth-order valence-corrected chi connectivity index (χ4v) is 1.92. The molecule has 0 saturated carbocycles. The van der Waals surface area contributed by atoms with Crippen LogP contribution in [-0.2, 0) is 6.61 Å². The molecule has 0 unspecified atom stereocenters. The molecule has 0 aromatic heterocycles. The van der Waals surface area contributed by atoms with Crippen molar-refractivity contribution in [1.29, 1.82) is 0 Å². The highest BCUT2D eigenvalue weighted by atomic mass is 16.5. The van der Waals surface area contributed by atoms with Crippen LogP contribution in [0.3, 0.4) is 0 Å². The molecule has 0 aliphatic carbocycles. The van der Waals surface area contributed by atoms with Crippen molar-refractivity contribution in [1.82, 2.24) is 0 Å². The molecule has 1 rings (SSSR count). The van der Waals surface area contributed by atoms with Crippen LogP contribution in [0.1, 0.15) is 56.2 Å². The first-order valence-corrected chi connectivity index (χ1v) is 5.82. The SMILES string of the molecule is COc1c(C(C)C)cc(CO)cc1C(C)C. The third-order valence-corrected chi connectivity index (χ3v) is 2.84. The van der Waals surface area contributed by atoms with Gasteiger partial charge in [-0.15, -0.1) is 0 Å². The van der Waals surface area contributed by atoms with Gasteiger partial charge >= 0.3 is 0 Å². The maximum absolute atomic E-state index is 9.27. The largest absolute Gasteiger partial charge is 0.496 e. The number of methoxy groups -OCH3 is 1. The van der Waals surface area contributed by atoms with Crippen LogP contribution in [0.5, 0.6) is 5.75 Å². The lowest BCUT2D eigenvalue weighted by atomic mass is 9.91. The van der Waals surface area contributed by atoms with E-state index in [0.29, 0.717) is 11.8 Å². The Morgan fingerprint density at radius 3 is 1.75 bits per heavy atom. The van der Waals surface area contributed by atoms with Gasteiger partial charge in [0.05, 0.1) is 13.7 Å². The maximum atomic E-state index is 9.27. The summed E-state index contributed by atoms with van der Waals surface area (Å²) in [5.74, 6) is 1.78. The van der Waals surface area contributed by atoms with Crippen molar-refractivity contribution < 1.29 is 9.84 Å². The summed E-state index contributed by atoms with van der Waals surface area (Å²) in [6.45, 7) is 8.65. The van der Waals surface area contributed by atoms with Crippen LogP contribution >= 0.6 is 0 Å². The molecule has 0 aliphatic heterocycles. The molecule has 0 spiro atoms. The van der Waals surface area contributed by atoms with Crippen molar-refractivity contribution in [2.24, 2.45) is 0 Å². The third-order valence-electron chi connectivity index (χ3n) is 2.84. The minimum atomic E-state index is 0.0867. The van der Waals surface area contributed by atoms with Gasteiger partial charge < -0.3 is 9.84 Å². The van der Waals surface area contributed by atoms with E-state index in [1.165, 1.54) is 11.1 Å². The number of hydrogen-bond donors (Lipinski definition) is 1. The van der Waals surface area contributed by atoms with Crippen molar-refractivity contribution in [2.75, 3.05) is 7.11 Å². The van der Waals surface area contributed by atoms with Crippen molar-refractivity contribution in [2.45, 2.75) is 46.1 Å². The minimum absolute atomic E-state index is 0.0867. The van der Waals surface area contributed by atoms with Gasteiger partial charge in [0, 0.05) is 0 Å². The Morgan fingerprint density at radius 2 is 1.50 bits per heavy atom. The molecule has 90 valence electrons. The van der Waals surface area contributed by atoms with Crippen molar-refractivity contribution in [3.05, 3.63) is 28.8 Å². The summed E-state index contributed by atoms with van der Waals surface area (Å²) < 4.78 is 5.52. The molecule has 1 aromatic rings. The van der Waals surface area contributed by atoms with Gasteiger partial charge in [0.2, 0.25) is 0 Å². The van der Waals surface area contributed by atoms with Gasteiger partial charge in [0.1, 0.15) is 5.75 Å². The first kappa shape index (κ1) is 13.0. The standard InChI is InChI=1S/C14H22O2/c1-9(2)12-6-11(8-15)7-13(10(3)4)14(12)16-5/h6-7,9-10,15H,8H2,1-5H3. The maximum Gasteiger partial charge on any atom is 0.125 e. The highest BCUT2D eigenvalue weighted by Crippen LogP contribution is 2.35. The monoisotopic (exact) mass is 222 g/mol. The summed E-state index contributed by atoms with van der Waals surface area (Å²) in [6.07, 6.45) is 0. The summed E-state index contributed by atoms with van der Waals surface area (Å²) in [5, 5.41) is 9.27. The van der Waals surface area contributed by atoms with E-state index in [0.717, 1.165) is 11.3 Å². The number of ether oxygens (including phenoxy) is 1. The lowest BCUT2D eigenvalue weighted by Crippen LogP contribution is -2.03. The van der Waals surface area contributed by atoms with Crippen molar-refractivity contribution in [3.63, 3.8) is 0 Å². The number of benzene rings is 1. The lowest BCUT2D eigenvalue weighted by molar-refractivity contribution is 0.281. The second kappa shape index (κ2) is 5.35. The molecule has 0 aliphatic rings. The summed E-state index contributed by atoms with van der Waals surface area (Å²) in [5.41, 5.74) is 3.32. The van der Waals surface area contributed by atoms with E-state index in [1.54, 1.807) is 7.11 Å². The number of aliphatic hydroxyl groups excluding tert-OH is 1. The van der Waals surface area contributed by atoms with E-state index in [1.807, 2.05) is 12.1 Å². The van der Waals surface area contributed by atoms with E-state index in [9.17, 15) is 5.11 Å². The Balaban J connectivity index is 3.40. The smallest absolute Gasteiger partial charge is 0.125 e. The van der Waals surface area contributed by atoms with Gasteiger partial charge in [0.15, 0.2) is 0 Å². The first-order chi connectivity index (χ1) is 7.51. The quantitative estimate of drug-likeness (QED) is 0.845. The van der Waals surface area contributed by atoms with Crippen LogP contribution in [0.25, 0.3) is 0 Å². The summed E-state index contributed by atoms with van der Waals surface area (Å²) in [7, 11) is 1.71. The van der Waals surface area contributed by atoms with E-state index in [-0.39, 0.29) is 6.61 Å². The normalized spacial score (nSPS) is 11.2. The molecular weight excluding hydrogens is 200 g/mol. The van der Waals surface area contributed by atoms with Crippen molar-refractivity contribution in [3.8, 4) is 5.75 Å². The zero-order valence-corrected chi connectivity index (χ0v) is 10.9. The Labute approximate surface area is 98.3 Å². The molecule has 1 aromatic carbocycles. The van der Waals surface area contributed by atoms with Crippen LogP contribution in [0, 0.1) is 0 Å². The molecule has 0 saturated heterocycles. The Morgan fingerprint density at radius 1 is 1.06 bits per heavy atom. The molecule has 0 fully saturated rings. The van der Waals surface area contributed by atoms with Gasteiger partial charge in [-0.25, -0.2) is 0 Å². The molecular formula is C14H22O2. The van der Waals surface area contributed by atoms with Gasteiger partial charge in [-0.3, -0.25) is 0 Å². The first-order valence-electron chi connectivity index (χ1n) is 5.82. The zero-order chi connectivity index (χ0) is 12.3. The lowest BCUT2D eigenvalue weighted by Gasteiger charge is -2.19. The third kappa shape index (κ3) is 2.56. The topological polar surface area (TPSA) is 29.5 Å². The predicted molar refractivity (Wildman–Crippen MR) is 67.1 cm³/mol. The summed E-state index contributed by atoms with van der Waals surface area (Å²) >= 11 is 0. The molecule has 2 nitrogen and oxygen atoms in total. The molecule has 2 heteroatoms.